The quantitative estimate of drug-likeness (QED) is 0.346. The van der Waals surface area contributed by atoms with Crippen LogP contribution in [0.1, 0.15) is 38.5 Å². The van der Waals surface area contributed by atoms with E-state index in [1.165, 1.54) is 60.7 Å². The number of anilines is 2. The summed E-state index contributed by atoms with van der Waals surface area (Å²) in [7, 11) is 0. The maximum absolute atomic E-state index is 4.10. The van der Waals surface area contributed by atoms with Crippen LogP contribution in [0.15, 0.2) is 48.8 Å². The lowest BCUT2D eigenvalue weighted by molar-refractivity contribution is 0.199. The molecule has 8 heteroatoms. The molecule has 2 saturated heterocycles. The summed E-state index contributed by atoms with van der Waals surface area (Å²) in [4.78, 5) is 5.22. The van der Waals surface area contributed by atoms with Gasteiger partial charge in [0.1, 0.15) is 0 Å². The zero-order chi connectivity index (χ0) is 24.0. The topological polar surface area (TPSA) is 87.9 Å². The Balaban J connectivity index is 0.000000122. The molecule has 4 heterocycles. The monoisotopic (exact) mass is 484 g/mol. The van der Waals surface area contributed by atoms with Crippen LogP contribution in [-0.2, 0) is 0 Å². The van der Waals surface area contributed by atoms with Crippen LogP contribution >= 0.6 is 0 Å². The SMILES string of the molecule is c1cc2[nH]ncc2cc1N1CCNCC12CCC2.c1cc2[nH]ncc2cc1N1CCNCC12CCC2. The van der Waals surface area contributed by atoms with Gasteiger partial charge in [-0.25, -0.2) is 0 Å². The number of benzene rings is 2. The average Bonchev–Trinajstić information content (AvgIpc) is 3.55. The molecule has 2 aromatic carbocycles. The van der Waals surface area contributed by atoms with Crippen LogP contribution in [-0.4, -0.2) is 70.7 Å². The van der Waals surface area contributed by atoms with E-state index in [0.29, 0.717) is 11.1 Å². The molecule has 188 valence electrons. The van der Waals surface area contributed by atoms with Crippen LogP contribution in [0.4, 0.5) is 11.4 Å². The number of nitrogens with one attached hydrogen (secondary N) is 4. The van der Waals surface area contributed by atoms with Crippen LogP contribution in [0.25, 0.3) is 21.8 Å². The van der Waals surface area contributed by atoms with Gasteiger partial charge in [0.25, 0.3) is 0 Å². The van der Waals surface area contributed by atoms with E-state index in [1.807, 2.05) is 12.4 Å². The van der Waals surface area contributed by atoms with Gasteiger partial charge in [-0.3, -0.25) is 10.2 Å². The van der Waals surface area contributed by atoms with Gasteiger partial charge in [0, 0.05) is 61.4 Å². The van der Waals surface area contributed by atoms with Crippen LogP contribution < -0.4 is 20.4 Å². The minimum Gasteiger partial charge on any atom is -0.363 e. The lowest BCUT2D eigenvalue weighted by Crippen LogP contribution is -2.65. The first-order valence-electron chi connectivity index (χ1n) is 13.6. The molecule has 4 aliphatic rings. The van der Waals surface area contributed by atoms with Crippen molar-refractivity contribution in [2.45, 2.75) is 49.6 Å². The fourth-order valence-electron chi connectivity index (χ4n) is 6.75. The zero-order valence-corrected chi connectivity index (χ0v) is 20.9. The summed E-state index contributed by atoms with van der Waals surface area (Å²) in [6.45, 7) is 6.68. The smallest absolute Gasteiger partial charge is 0.0651 e. The van der Waals surface area contributed by atoms with Crippen LogP contribution in [0.3, 0.4) is 0 Å². The number of nitrogens with zero attached hydrogens (tertiary/aromatic N) is 4. The molecule has 0 unspecified atom stereocenters. The van der Waals surface area contributed by atoms with Crippen molar-refractivity contribution in [1.82, 2.24) is 31.0 Å². The molecule has 0 bridgehead atoms. The molecular weight excluding hydrogens is 448 g/mol. The van der Waals surface area contributed by atoms with Crippen molar-refractivity contribution in [2.75, 3.05) is 49.1 Å². The van der Waals surface area contributed by atoms with E-state index < -0.39 is 0 Å². The molecular formula is C28H36N8. The van der Waals surface area contributed by atoms with Crippen molar-refractivity contribution in [2.24, 2.45) is 0 Å². The predicted molar refractivity (Wildman–Crippen MR) is 146 cm³/mol. The third-order valence-corrected chi connectivity index (χ3v) is 9.12. The van der Waals surface area contributed by atoms with Gasteiger partial charge in [-0.15, -0.1) is 0 Å². The van der Waals surface area contributed by atoms with E-state index >= 15 is 0 Å². The Kier molecular flexibility index (Phi) is 5.40. The summed E-state index contributed by atoms with van der Waals surface area (Å²) in [6.07, 6.45) is 11.8. The molecule has 2 saturated carbocycles. The number of hydrogen-bond acceptors (Lipinski definition) is 6. The summed E-state index contributed by atoms with van der Waals surface area (Å²) >= 11 is 0. The summed E-state index contributed by atoms with van der Waals surface area (Å²) in [5, 5.41) is 23.8. The largest absolute Gasteiger partial charge is 0.363 e. The minimum absolute atomic E-state index is 0.385. The molecule has 8 rings (SSSR count). The molecule has 4 fully saturated rings. The Morgan fingerprint density at radius 1 is 0.639 bits per heavy atom. The van der Waals surface area contributed by atoms with Gasteiger partial charge >= 0.3 is 0 Å². The highest BCUT2D eigenvalue weighted by atomic mass is 15.3. The van der Waals surface area contributed by atoms with Crippen LogP contribution in [0.5, 0.6) is 0 Å². The van der Waals surface area contributed by atoms with Crippen LogP contribution in [0.2, 0.25) is 0 Å². The second kappa shape index (κ2) is 8.78. The molecule has 2 spiro atoms. The molecule has 8 nitrogen and oxygen atoms in total. The number of aromatic nitrogens is 4. The maximum Gasteiger partial charge on any atom is 0.0651 e. The molecule has 4 aromatic rings. The van der Waals surface area contributed by atoms with E-state index in [1.54, 1.807) is 0 Å². The highest BCUT2D eigenvalue weighted by Crippen LogP contribution is 2.42. The van der Waals surface area contributed by atoms with Gasteiger partial charge in [-0.05, 0) is 74.9 Å². The van der Waals surface area contributed by atoms with Crippen LogP contribution in [0, 0.1) is 0 Å². The van der Waals surface area contributed by atoms with Crippen molar-refractivity contribution >= 4 is 33.2 Å². The lowest BCUT2D eigenvalue weighted by atomic mass is 9.74. The number of hydrogen-bond donors (Lipinski definition) is 4. The predicted octanol–water partition coefficient (Wildman–Crippen LogP) is 3.79. The molecule has 2 aliphatic heterocycles. The molecule has 36 heavy (non-hydrogen) atoms. The number of aromatic amines is 2. The number of piperazine rings is 2. The Labute approximate surface area is 211 Å². The second-order valence-corrected chi connectivity index (χ2v) is 11.1. The van der Waals surface area contributed by atoms with Crippen molar-refractivity contribution in [3.05, 3.63) is 48.8 Å². The summed E-state index contributed by atoms with van der Waals surface area (Å²) in [5.41, 5.74) is 5.72. The van der Waals surface area contributed by atoms with E-state index in [2.05, 4.69) is 77.2 Å². The molecule has 2 aliphatic carbocycles. The third kappa shape index (κ3) is 3.66. The van der Waals surface area contributed by atoms with Crippen molar-refractivity contribution in [1.29, 1.82) is 0 Å². The lowest BCUT2D eigenvalue weighted by Gasteiger charge is -2.54. The number of rotatable bonds is 2. The first-order valence-corrected chi connectivity index (χ1v) is 13.6. The minimum atomic E-state index is 0.385. The summed E-state index contributed by atoms with van der Waals surface area (Å²) < 4.78 is 0. The van der Waals surface area contributed by atoms with Crippen molar-refractivity contribution < 1.29 is 0 Å². The van der Waals surface area contributed by atoms with Crippen molar-refractivity contribution in [3.8, 4) is 0 Å². The first-order chi connectivity index (χ1) is 17.7. The van der Waals surface area contributed by atoms with Crippen molar-refractivity contribution in [3.63, 3.8) is 0 Å². The first kappa shape index (κ1) is 22.1. The van der Waals surface area contributed by atoms with E-state index in [4.69, 9.17) is 0 Å². The third-order valence-electron chi connectivity index (χ3n) is 9.12. The fraction of sp³-hybridized carbons (Fsp3) is 0.500. The van der Waals surface area contributed by atoms with E-state index in [9.17, 15) is 0 Å². The number of H-pyrrole nitrogens is 2. The maximum atomic E-state index is 4.10. The van der Waals surface area contributed by atoms with Gasteiger partial charge in [0.2, 0.25) is 0 Å². The molecule has 0 amide bonds. The molecule has 0 radical (unpaired) electrons. The average molecular weight is 485 g/mol. The Bertz CT molecular complexity index is 1240. The van der Waals surface area contributed by atoms with E-state index in [-0.39, 0.29) is 0 Å². The molecule has 2 aromatic heterocycles. The second-order valence-electron chi connectivity index (χ2n) is 11.1. The Morgan fingerprint density at radius 2 is 1.11 bits per heavy atom. The van der Waals surface area contributed by atoms with Gasteiger partial charge in [0.15, 0.2) is 0 Å². The van der Waals surface area contributed by atoms with Gasteiger partial charge in [0.05, 0.1) is 34.5 Å². The molecule has 0 atom stereocenters. The zero-order valence-electron chi connectivity index (χ0n) is 20.9. The number of fused-ring (bicyclic) bond motifs is 2. The highest BCUT2D eigenvalue weighted by molar-refractivity contribution is 5.83. The summed E-state index contributed by atoms with van der Waals surface area (Å²) in [6, 6.07) is 13.3. The highest BCUT2D eigenvalue weighted by Gasteiger charge is 2.45. The standard InChI is InChI=1S/2C14H18N4/c2*1-4-14(5-1)10-15-6-7-18(14)12-2-3-13-11(8-12)9-16-17-13/h2*2-3,8-9,15H,1,4-7,10H2,(H,16,17). The Hall–Kier alpha value is -3.10. The molecule has 4 N–H and O–H groups in total. The van der Waals surface area contributed by atoms with Gasteiger partial charge in [-0.1, -0.05) is 0 Å². The van der Waals surface area contributed by atoms with E-state index in [0.717, 1.165) is 50.3 Å². The van der Waals surface area contributed by atoms with Gasteiger partial charge < -0.3 is 20.4 Å². The van der Waals surface area contributed by atoms with Gasteiger partial charge in [-0.2, -0.15) is 10.2 Å². The fourth-order valence-corrected chi connectivity index (χ4v) is 6.75. The summed E-state index contributed by atoms with van der Waals surface area (Å²) in [5.74, 6) is 0. The Morgan fingerprint density at radius 3 is 1.53 bits per heavy atom. The normalized spacial score (nSPS) is 22.3.